The zero-order valence-electron chi connectivity index (χ0n) is 14.1. The molecule has 1 aliphatic carbocycles. The Bertz CT molecular complexity index is 963. The number of hydrogen-bond acceptors (Lipinski definition) is 5. The molecule has 0 spiro atoms. The Hall–Kier alpha value is -2.47. The van der Waals surface area contributed by atoms with Crippen molar-refractivity contribution >= 4 is 39.0 Å². The minimum Gasteiger partial charge on any atom is -0.397 e. The SMILES string of the molecule is Cc1cccnc1NC(=O)c1sc2nc3c(cc2c1N)CCCCC3. The van der Waals surface area contributed by atoms with E-state index in [-0.39, 0.29) is 5.91 Å². The van der Waals surface area contributed by atoms with E-state index in [4.69, 9.17) is 10.7 Å². The normalized spacial score (nSPS) is 14.1. The van der Waals surface area contributed by atoms with Gasteiger partial charge in [-0.05, 0) is 55.9 Å². The lowest BCUT2D eigenvalue weighted by Gasteiger charge is -2.06. The Balaban J connectivity index is 1.71. The van der Waals surface area contributed by atoms with Crippen molar-refractivity contribution in [3.8, 4) is 0 Å². The number of aryl methyl sites for hydroxylation is 3. The molecule has 128 valence electrons. The van der Waals surface area contributed by atoms with Crippen LogP contribution in [0.25, 0.3) is 10.2 Å². The van der Waals surface area contributed by atoms with Gasteiger partial charge in [0.1, 0.15) is 15.5 Å². The highest BCUT2D eigenvalue weighted by molar-refractivity contribution is 7.21. The second kappa shape index (κ2) is 6.44. The third kappa shape index (κ3) is 2.98. The van der Waals surface area contributed by atoms with Crippen LogP contribution in [0.4, 0.5) is 11.5 Å². The molecular weight excluding hydrogens is 332 g/mol. The number of anilines is 2. The zero-order chi connectivity index (χ0) is 17.4. The quantitative estimate of drug-likeness (QED) is 0.680. The number of aromatic nitrogens is 2. The molecule has 4 rings (SSSR count). The van der Waals surface area contributed by atoms with Gasteiger partial charge in [-0.2, -0.15) is 0 Å². The molecule has 3 aromatic rings. The fraction of sp³-hybridized carbons (Fsp3) is 0.316. The van der Waals surface area contributed by atoms with E-state index in [0.29, 0.717) is 16.4 Å². The average Bonchev–Trinajstić information content (AvgIpc) is 2.78. The van der Waals surface area contributed by atoms with Crippen LogP contribution in [0.1, 0.15) is 45.8 Å². The van der Waals surface area contributed by atoms with E-state index < -0.39 is 0 Å². The van der Waals surface area contributed by atoms with Crippen molar-refractivity contribution in [3.63, 3.8) is 0 Å². The molecule has 3 N–H and O–H groups in total. The lowest BCUT2D eigenvalue weighted by molar-refractivity contribution is 0.103. The van der Waals surface area contributed by atoms with Gasteiger partial charge in [0.05, 0.1) is 5.69 Å². The highest BCUT2D eigenvalue weighted by Gasteiger charge is 2.20. The van der Waals surface area contributed by atoms with Crippen LogP contribution >= 0.6 is 11.3 Å². The van der Waals surface area contributed by atoms with Gasteiger partial charge in [0, 0.05) is 17.3 Å². The maximum absolute atomic E-state index is 12.7. The number of thiophene rings is 1. The number of amides is 1. The predicted octanol–water partition coefficient (Wildman–Crippen LogP) is 4.10. The second-order valence-electron chi connectivity index (χ2n) is 6.48. The van der Waals surface area contributed by atoms with Gasteiger partial charge in [0.2, 0.25) is 0 Å². The molecular formula is C19H20N4OS. The molecule has 0 unspecified atom stereocenters. The first-order chi connectivity index (χ1) is 12.1. The van der Waals surface area contributed by atoms with Crippen LogP contribution < -0.4 is 11.1 Å². The van der Waals surface area contributed by atoms with E-state index in [1.165, 1.54) is 41.9 Å². The zero-order valence-corrected chi connectivity index (χ0v) is 14.9. The number of pyridine rings is 2. The molecule has 0 bridgehead atoms. The van der Waals surface area contributed by atoms with Crippen molar-refractivity contribution in [2.24, 2.45) is 0 Å². The molecule has 5 nitrogen and oxygen atoms in total. The van der Waals surface area contributed by atoms with Crippen molar-refractivity contribution in [3.05, 3.63) is 46.1 Å². The van der Waals surface area contributed by atoms with Crippen molar-refractivity contribution in [2.45, 2.75) is 39.0 Å². The van der Waals surface area contributed by atoms with Crippen LogP contribution in [0.5, 0.6) is 0 Å². The average molecular weight is 352 g/mol. The van der Waals surface area contributed by atoms with Crippen LogP contribution in [-0.2, 0) is 12.8 Å². The topological polar surface area (TPSA) is 80.9 Å². The Morgan fingerprint density at radius 2 is 2.12 bits per heavy atom. The minimum atomic E-state index is -0.225. The summed E-state index contributed by atoms with van der Waals surface area (Å²) in [6.07, 6.45) is 7.33. The number of rotatable bonds is 2. The molecule has 0 aliphatic heterocycles. The summed E-state index contributed by atoms with van der Waals surface area (Å²) in [6, 6.07) is 5.89. The first kappa shape index (κ1) is 16.0. The third-order valence-electron chi connectivity index (χ3n) is 4.70. The van der Waals surface area contributed by atoms with Gasteiger partial charge >= 0.3 is 0 Å². The molecule has 0 saturated heterocycles. The summed E-state index contributed by atoms with van der Waals surface area (Å²) in [5.74, 6) is 0.339. The Kier molecular flexibility index (Phi) is 4.13. The fourth-order valence-corrected chi connectivity index (χ4v) is 4.28. The third-order valence-corrected chi connectivity index (χ3v) is 5.81. The molecule has 0 atom stereocenters. The van der Waals surface area contributed by atoms with Crippen LogP contribution in [0.15, 0.2) is 24.4 Å². The molecule has 0 aromatic carbocycles. The van der Waals surface area contributed by atoms with E-state index in [1.54, 1.807) is 6.20 Å². The Morgan fingerprint density at radius 3 is 2.96 bits per heavy atom. The number of carbonyl (C=O) groups is 1. The van der Waals surface area contributed by atoms with E-state index in [2.05, 4.69) is 16.4 Å². The number of nitrogens with one attached hydrogen (secondary N) is 1. The van der Waals surface area contributed by atoms with Gasteiger partial charge in [0.25, 0.3) is 5.91 Å². The van der Waals surface area contributed by atoms with E-state index in [0.717, 1.165) is 28.6 Å². The molecule has 1 aliphatic rings. The summed E-state index contributed by atoms with van der Waals surface area (Å²) in [5, 5.41) is 3.76. The van der Waals surface area contributed by atoms with Crippen LogP contribution in [0.2, 0.25) is 0 Å². The van der Waals surface area contributed by atoms with Gasteiger partial charge in [-0.1, -0.05) is 12.5 Å². The van der Waals surface area contributed by atoms with Crippen molar-refractivity contribution in [1.29, 1.82) is 0 Å². The molecule has 6 heteroatoms. The molecule has 25 heavy (non-hydrogen) atoms. The fourth-order valence-electron chi connectivity index (χ4n) is 3.29. The molecule has 3 heterocycles. The first-order valence-electron chi connectivity index (χ1n) is 8.57. The summed E-state index contributed by atoms with van der Waals surface area (Å²) < 4.78 is 0. The number of nitrogens with two attached hydrogens (primary N) is 1. The molecule has 0 saturated carbocycles. The van der Waals surface area contributed by atoms with Crippen LogP contribution in [0.3, 0.4) is 0 Å². The van der Waals surface area contributed by atoms with Gasteiger partial charge in [0.15, 0.2) is 0 Å². The molecule has 1 amide bonds. The number of nitrogens with zero attached hydrogens (tertiary/aromatic N) is 2. The number of fused-ring (bicyclic) bond motifs is 2. The summed E-state index contributed by atoms with van der Waals surface area (Å²) in [6.45, 7) is 1.91. The van der Waals surface area contributed by atoms with E-state index in [9.17, 15) is 4.79 Å². The van der Waals surface area contributed by atoms with Crippen LogP contribution in [0, 0.1) is 6.92 Å². The maximum Gasteiger partial charge on any atom is 0.269 e. The highest BCUT2D eigenvalue weighted by Crippen LogP contribution is 2.35. The number of nitrogen functional groups attached to an aromatic ring is 1. The highest BCUT2D eigenvalue weighted by atomic mass is 32.1. The lowest BCUT2D eigenvalue weighted by Crippen LogP contribution is -2.13. The summed E-state index contributed by atoms with van der Waals surface area (Å²) in [4.78, 5) is 23.1. The predicted molar refractivity (Wildman–Crippen MR) is 102 cm³/mol. The maximum atomic E-state index is 12.7. The number of carbonyl (C=O) groups excluding carboxylic acids is 1. The lowest BCUT2D eigenvalue weighted by atomic mass is 10.1. The summed E-state index contributed by atoms with van der Waals surface area (Å²) in [7, 11) is 0. The van der Waals surface area contributed by atoms with Crippen LogP contribution in [-0.4, -0.2) is 15.9 Å². The molecule has 0 radical (unpaired) electrons. The minimum absolute atomic E-state index is 0.225. The first-order valence-corrected chi connectivity index (χ1v) is 9.39. The Labute approximate surface area is 150 Å². The Morgan fingerprint density at radius 1 is 1.28 bits per heavy atom. The monoisotopic (exact) mass is 352 g/mol. The van der Waals surface area contributed by atoms with E-state index in [1.807, 2.05) is 19.1 Å². The van der Waals surface area contributed by atoms with Gasteiger partial charge < -0.3 is 11.1 Å². The molecule has 0 fully saturated rings. The van der Waals surface area contributed by atoms with Gasteiger partial charge in [-0.25, -0.2) is 9.97 Å². The summed E-state index contributed by atoms with van der Waals surface area (Å²) in [5.41, 5.74) is 10.2. The van der Waals surface area contributed by atoms with Crippen molar-refractivity contribution in [1.82, 2.24) is 9.97 Å². The van der Waals surface area contributed by atoms with Crippen molar-refractivity contribution < 1.29 is 4.79 Å². The van der Waals surface area contributed by atoms with Gasteiger partial charge in [-0.3, -0.25) is 4.79 Å². The van der Waals surface area contributed by atoms with E-state index >= 15 is 0 Å². The largest absolute Gasteiger partial charge is 0.397 e. The summed E-state index contributed by atoms with van der Waals surface area (Å²) >= 11 is 1.36. The number of hydrogen-bond donors (Lipinski definition) is 2. The second-order valence-corrected chi connectivity index (χ2v) is 7.47. The molecule has 3 aromatic heterocycles. The standard InChI is InChI=1S/C19H20N4OS/c1-11-6-5-9-21-17(11)23-18(24)16-15(20)13-10-12-7-3-2-4-8-14(12)22-19(13)25-16/h5-6,9-10H,2-4,7-8,20H2,1H3,(H,21,23,24). The van der Waals surface area contributed by atoms with Gasteiger partial charge in [-0.15, -0.1) is 11.3 Å². The van der Waals surface area contributed by atoms with Crippen molar-refractivity contribution in [2.75, 3.05) is 11.1 Å². The smallest absolute Gasteiger partial charge is 0.269 e.